The molecule has 28 heavy (non-hydrogen) atoms. The maximum atomic E-state index is 14.3. The molecule has 150 valence electrons. The molecule has 2 aromatic rings. The van der Waals surface area contributed by atoms with E-state index in [0.29, 0.717) is 25.3 Å². The second-order valence-electron chi connectivity index (χ2n) is 7.50. The van der Waals surface area contributed by atoms with Crippen LogP contribution in [-0.4, -0.2) is 49.7 Å². The zero-order valence-electron chi connectivity index (χ0n) is 16.1. The van der Waals surface area contributed by atoms with E-state index in [0.717, 1.165) is 12.8 Å². The summed E-state index contributed by atoms with van der Waals surface area (Å²) in [6, 6.07) is 6.26. The van der Waals surface area contributed by atoms with E-state index in [1.54, 1.807) is 23.1 Å². The van der Waals surface area contributed by atoms with Gasteiger partial charge in [0, 0.05) is 25.4 Å². The summed E-state index contributed by atoms with van der Waals surface area (Å²) in [5.41, 5.74) is 0.260. The summed E-state index contributed by atoms with van der Waals surface area (Å²) in [6.45, 7) is 4.92. The van der Waals surface area contributed by atoms with E-state index in [9.17, 15) is 14.0 Å². The average molecular weight is 388 g/mol. The molecule has 0 bridgehead atoms. The first kappa shape index (κ1) is 20.0. The van der Waals surface area contributed by atoms with E-state index >= 15 is 0 Å². The highest BCUT2D eigenvalue weighted by Gasteiger charge is 2.29. The molecular formula is C20H25FN4O3. The highest BCUT2D eigenvalue weighted by atomic mass is 19.1. The van der Waals surface area contributed by atoms with Gasteiger partial charge >= 0.3 is 5.97 Å². The lowest BCUT2D eigenvalue weighted by Crippen LogP contribution is -2.40. The van der Waals surface area contributed by atoms with Crippen molar-refractivity contribution in [2.24, 2.45) is 5.92 Å². The molecule has 3 rings (SSSR count). The minimum Gasteiger partial charge on any atom is -0.481 e. The van der Waals surface area contributed by atoms with Crippen molar-refractivity contribution in [2.75, 3.05) is 13.1 Å². The molecular weight excluding hydrogens is 363 g/mol. The molecule has 1 aromatic carbocycles. The summed E-state index contributed by atoms with van der Waals surface area (Å²) in [7, 11) is 0. The largest absolute Gasteiger partial charge is 0.481 e. The molecule has 0 spiro atoms. The van der Waals surface area contributed by atoms with Crippen molar-refractivity contribution < 1.29 is 19.1 Å². The summed E-state index contributed by atoms with van der Waals surface area (Å²) in [6.07, 6.45) is 2.38. The lowest BCUT2D eigenvalue weighted by Gasteiger charge is -2.31. The number of halogens is 1. The zero-order valence-corrected chi connectivity index (χ0v) is 16.1. The van der Waals surface area contributed by atoms with Gasteiger partial charge in [-0.3, -0.25) is 9.59 Å². The molecule has 1 saturated heterocycles. The number of amides is 1. The second kappa shape index (κ2) is 8.50. The molecule has 0 unspecified atom stereocenters. The fourth-order valence-electron chi connectivity index (χ4n) is 3.54. The summed E-state index contributed by atoms with van der Waals surface area (Å²) in [4.78, 5) is 29.9. The van der Waals surface area contributed by atoms with Gasteiger partial charge in [0.25, 0.3) is 5.91 Å². The summed E-state index contributed by atoms with van der Waals surface area (Å²) >= 11 is 0. The molecule has 1 amide bonds. The van der Waals surface area contributed by atoms with Crippen molar-refractivity contribution in [1.29, 1.82) is 0 Å². The number of hydrogen-bond donors (Lipinski definition) is 1. The Morgan fingerprint density at radius 1 is 1.32 bits per heavy atom. The van der Waals surface area contributed by atoms with Gasteiger partial charge < -0.3 is 10.0 Å². The summed E-state index contributed by atoms with van der Waals surface area (Å²) < 4.78 is 15.7. The Morgan fingerprint density at radius 2 is 2.07 bits per heavy atom. The van der Waals surface area contributed by atoms with Crippen LogP contribution in [0.3, 0.4) is 0 Å². The number of benzene rings is 1. The van der Waals surface area contributed by atoms with Crippen molar-refractivity contribution in [3.05, 3.63) is 41.7 Å². The number of carbonyl (C=O) groups is 2. The molecule has 0 saturated carbocycles. The minimum atomic E-state index is -0.824. The van der Waals surface area contributed by atoms with Gasteiger partial charge in [0.15, 0.2) is 0 Å². The van der Waals surface area contributed by atoms with E-state index in [1.807, 2.05) is 13.8 Å². The van der Waals surface area contributed by atoms with Crippen molar-refractivity contribution >= 4 is 11.9 Å². The Labute approximate surface area is 163 Å². The van der Waals surface area contributed by atoms with Crippen LogP contribution in [0.5, 0.6) is 0 Å². The van der Waals surface area contributed by atoms with Gasteiger partial charge in [-0.25, -0.2) is 14.1 Å². The number of hydrogen-bond acceptors (Lipinski definition) is 4. The molecule has 8 heteroatoms. The molecule has 1 N–H and O–H groups in total. The third-order valence-electron chi connectivity index (χ3n) is 4.99. The predicted octanol–water partition coefficient (Wildman–Crippen LogP) is 3.25. The van der Waals surface area contributed by atoms with E-state index in [2.05, 4.69) is 10.1 Å². The van der Waals surface area contributed by atoms with Gasteiger partial charge in [-0.05, 0) is 37.3 Å². The number of para-hydroxylation sites is 1. The third kappa shape index (κ3) is 4.37. The van der Waals surface area contributed by atoms with Crippen LogP contribution >= 0.6 is 0 Å². The van der Waals surface area contributed by atoms with Crippen molar-refractivity contribution in [3.63, 3.8) is 0 Å². The predicted molar refractivity (Wildman–Crippen MR) is 101 cm³/mol. The van der Waals surface area contributed by atoms with E-state index in [-0.39, 0.29) is 35.7 Å². The highest BCUT2D eigenvalue weighted by molar-refractivity contribution is 5.90. The molecule has 2 heterocycles. The van der Waals surface area contributed by atoms with E-state index in [1.165, 1.54) is 10.7 Å². The van der Waals surface area contributed by atoms with Crippen LogP contribution in [0.2, 0.25) is 0 Å². The Kier molecular flexibility index (Phi) is 6.06. The van der Waals surface area contributed by atoms with E-state index < -0.39 is 11.8 Å². The van der Waals surface area contributed by atoms with Crippen molar-refractivity contribution in [2.45, 2.75) is 45.4 Å². The Balaban J connectivity index is 1.83. The first-order valence-corrected chi connectivity index (χ1v) is 9.59. The van der Waals surface area contributed by atoms with Gasteiger partial charge in [0.2, 0.25) is 5.82 Å². The smallest absolute Gasteiger partial charge is 0.303 e. The normalized spacial score (nSPS) is 17.1. The molecule has 1 aromatic heterocycles. The number of piperidine rings is 1. The lowest BCUT2D eigenvalue weighted by molar-refractivity contribution is -0.137. The van der Waals surface area contributed by atoms with Gasteiger partial charge in [-0.2, -0.15) is 0 Å². The van der Waals surface area contributed by atoms with Gasteiger partial charge in [-0.1, -0.05) is 26.0 Å². The number of aliphatic carboxylic acids is 1. The Morgan fingerprint density at radius 3 is 2.75 bits per heavy atom. The number of aromatic nitrogens is 3. The molecule has 1 aliphatic heterocycles. The quantitative estimate of drug-likeness (QED) is 0.821. The monoisotopic (exact) mass is 388 g/mol. The summed E-state index contributed by atoms with van der Waals surface area (Å²) in [5, 5.41) is 13.2. The van der Waals surface area contributed by atoms with Crippen LogP contribution in [0.15, 0.2) is 24.3 Å². The third-order valence-corrected chi connectivity index (χ3v) is 4.99. The highest BCUT2D eigenvalue weighted by Crippen LogP contribution is 2.24. The maximum absolute atomic E-state index is 14.3. The maximum Gasteiger partial charge on any atom is 0.303 e. The first-order chi connectivity index (χ1) is 13.4. The average Bonchev–Trinajstić information content (AvgIpc) is 3.12. The van der Waals surface area contributed by atoms with Gasteiger partial charge in [0.1, 0.15) is 17.3 Å². The zero-order chi connectivity index (χ0) is 20.3. The molecule has 7 nitrogen and oxygen atoms in total. The van der Waals surface area contributed by atoms with Gasteiger partial charge in [0.05, 0.1) is 0 Å². The topological polar surface area (TPSA) is 88.3 Å². The molecule has 0 radical (unpaired) electrons. The SMILES string of the molecule is CC(C)c1nc(C(=O)N2CCC[C@H](CCC(=O)O)C2)nn1-c1ccccc1F. The van der Waals surface area contributed by atoms with Crippen LogP contribution in [0.25, 0.3) is 5.69 Å². The number of carboxylic acids is 1. The number of rotatable bonds is 6. The number of carboxylic acid groups (broad SMARTS) is 1. The van der Waals surface area contributed by atoms with E-state index in [4.69, 9.17) is 5.11 Å². The standard InChI is InChI=1S/C20H25FN4O3/c1-13(2)19-22-18(23-25(19)16-8-4-3-7-15(16)21)20(28)24-11-5-6-14(12-24)9-10-17(26)27/h3-4,7-8,13-14H,5-6,9-12H2,1-2H3,(H,26,27)/t14-/m1/s1. The van der Waals surface area contributed by atoms with Crippen molar-refractivity contribution in [1.82, 2.24) is 19.7 Å². The number of carbonyl (C=O) groups excluding carboxylic acids is 1. The lowest BCUT2D eigenvalue weighted by atomic mass is 9.93. The Bertz CT molecular complexity index is 865. The van der Waals surface area contributed by atoms with Crippen LogP contribution in [0.1, 0.15) is 61.9 Å². The fourth-order valence-corrected chi connectivity index (χ4v) is 3.54. The van der Waals surface area contributed by atoms with Crippen LogP contribution in [-0.2, 0) is 4.79 Å². The van der Waals surface area contributed by atoms with Crippen LogP contribution < -0.4 is 0 Å². The molecule has 1 fully saturated rings. The van der Waals surface area contributed by atoms with Gasteiger partial charge in [-0.15, -0.1) is 5.10 Å². The first-order valence-electron chi connectivity index (χ1n) is 9.59. The molecule has 0 aliphatic carbocycles. The number of nitrogens with zero attached hydrogens (tertiary/aromatic N) is 4. The number of likely N-dealkylation sites (tertiary alicyclic amines) is 1. The summed E-state index contributed by atoms with van der Waals surface area (Å²) in [5.74, 6) is -0.864. The molecule has 1 aliphatic rings. The minimum absolute atomic E-state index is 0.0432. The molecule has 1 atom stereocenters. The van der Waals surface area contributed by atoms with Crippen LogP contribution in [0, 0.1) is 11.7 Å². The second-order valence-corrected chi connectivity index (χ2v) is 7.50. The fraction of sp³-hybridized carbons (Fsp3) is 0.500. The van der Waals surface area contributed by atoms with Crippen molar-refractivity contribution in [3.8, 4) is 5.69 Å². The Hall–Kier alpha value is -2.77. The van der Waals surface area contributed by atoms with Crippen LogP contribution in [0.4, 0.5) is 4.39 Å².